The molecule has 1 saturated heterocycles. The monoisotopic (exact) mass is 326 g/mol. The molecule has 0 aromatic heterocycles. The minimum Gasteiger partial charge on any atom is -0.324 e. The predicted molar refractivity (Wildman–Crippen MR) is 91.4 cm³/mol. The van der Waals surface area contributed by atoms with Crippen LogP contribution in [0.5, 0.6) is 0 Å². The molecule has 1 aliphatic heterocycles. The van der Waals surface area contributed by atoms with Crippen molar-refractivity contribution >= 4 is 23.2 Å². The highest BCUT2D eigenvalue weighted by Crippen LogP contribution is 2.27. The Morgan fingerprint density at radius 2 is 1.83 bits per heavy atom. The number of nitrogens with zero attached hydrogens (tertiary/aromatic N) is 1. The van der Waals surface area contributed by atoms with E-state index in [9.17, 15) is 14.0 Å². The van der Waals surface area contributed by atoms with Gasteiger partial charge in [0.05, 0.1) is 0 Å². The number of nitrogens with one attached hydrogen (secondary N) is 1. The molecule has 3 rings (SSSR count). The zero-order chi connectivity index (χ0) is 17.1. The van der Waals surface area contributed by atoms with Crippen molar-refractivity contribution in [1.82, 2.24) is 0 Å². The number of carbonyl (C=O) groups is 2. The summed E-state index contributed by atoms with van der Waals surface area (Å²) in [5.41, 5.74) is 2.44. The van der Waals surface area contributed by atoms with E-state index in [0.717, 1.165) is 6.42 Å². The molecular weight excluding hydrogens is 307 g/mol. The van der Waals surface area contributed by atoms with Crippen LogP contribution < -0.4 is 10.2 Å². The maximum atomic E-state index is 13.1. The van der Waals surface area contributed by atoms with E-state index in [0.29, 0.717) is 24.2 Å². The molecule has 5 heteroatoms. The highest BCUT2D eigenvalue weighted by molar-refractivity contribution is 6.07. The van der Waals surface area contributed by atoms with E-state index in [4.69, 9.17) is 0 Å². The number of halogens is 1. The smallest absolute Gasteiger partial charge is 0.247 e. The molecule has 0 aliphatic carbocycles. The Morgan fingerprint density at radius 1 is 1.17 bits per heavy atom. The van der Waals surface area contributed by atoms with E-state index in [1.54, 1.807) is 0 Å². The summed E-state index contributed by atoms with van der Waals surface area (Å²) in [4.78, 5) is 26.2. The second-order valence-electron chi connectivity index (χ2n) is 5.83. The standard InChI is InChI=1S/C19H19FN2O2/c1-2-13-3-7-15(8-4-13)21-19(24)17-11-12-18(23)22(17)16-9-5-14(20)6-10-16/h3-10,17H,2,11-12H2,1H3,(H,21,24). The van der Waals surface area contributed by atoms with Crippen molar-refractivity contribution in [3.05, 3.63) is 59.9 Å². The van der Waals surface area contributed by atoms with Gasteiger partial charge in [-0.25, -0.2) is 4.39 Å². The van der Waals surface area contributed by atoms with Crippen LogP contribution in [0.15, 0.2) is 48.5 Å². The molecule has 0 bridgehead atoms. The van der Waals surface area contributed by atoms with Crippen LogP contribution in [0.1, 0.15) is 25.3 Å². The van der Waals surface area contributed by atoms with Crippen molar-refractivity contribution in [3.8, 4) is 0 Å². The van der Waals surface area contributed by atoms with Gasteiger partial charge < -0.3 is 5.32 Å². The summed E-state index contributed by atoms with van der Waals surface area (Å²) in [5, 5.41) is 2.86. The van der Waals surface area contributed by atoms with E-state index in [1.165, 1.54) is 34.7 Å². The third kappa shape index (κ3) is 3.30. The van der Waals surface area contributed by atoms with Gasteiger partial charge in [-0.15, -0.1) is 0 Å². The van der Waals surface area contributed by atoms with E-state index in [2.05, 4.69) is 12.2 Å². The van der Waals surface area contributed by atoms with Gasteiger partial charge in [0.15, 0.2) is 0 Å². The lowest BCUT2D eigenvalue weighted by atomic mass is 10.1. The van der Waals surface area contributed by atoms with Gasteiger partial charge >= 0.3 is 0 Å². The van der Waals surface area contributed by atoms with E-state index >= 15 is 0 Å². The Labute approximate surface area is 140 Å². The first-order valence-electron chi connectivity index (χ1n) is 8.06. The van der Waals surface area contributed by atoms with Crippen LogP contribution in [0.25, 0.3) is 0 Å². The molecule has 0 radical (unpaired) electrons. The number of hydrogen-bond donors (Lipinski definition) is 1. The Morgan fingerprint density at radius 3 is 2.46 bits per heavy atom. The molecule has 2 amide bonds. The molecule has 2 aromatic rings. The molecule has 124 valence electrons. The number of anilines is 2. The van der Waals surface area contributed by atoms with Crippen LogP contribution in [0.4, 0.5) is 15.8 Å². The fraction of sp³-hybridized carbons (Fsp3) is 0.263. The molecule has 1 N–H and O–H groups in total. The topological polar surface area (TPSA) is 49.4 Å². The molecule has 4 nitrogen and oxygen atoms in total. The number of carbonyl (C=O) groups excluding carboxylic acids is 2. The quantitative estimate of drug-likeness (QED) is 0.934. The summed E-state index contributed by atoms with van der Waals surface area (Å²) in [5.74, 6) is -0.722. The van der Waals surface area contributed by atoms with Gasteiger partial charge in [0, 0.05) is 17.8 Å². The van der Waals surface area contributed by atoms with Gasteiger partial charge in [0.1, 0.15) is 11.9 Å². The molecule has 0 saturated carbocycles. The van der Waals surface area contributed by atoms with E-state index < -0.39 is 6.04 Å². The lowest BCUT2D eigenvalue weighted by Crippen LogP contribution is -2.41. The first kappa shape index (κ1) is 16.2. The zero-order valence-electron chi connectivity index (χ0n) is 13.5. The SMILES string of the molecule is CCc1ccc(NC(=O)C2CCC(=O)N2c2ccc(F)cc2)cc1. The summed E-state index contributed by atoms with van der Waals surface area (Å²) in [6.07, 6.45) is 1.70. The second kappa shape index (κ2) is 6.83. The zero-order valence-corrected chi connectivity index (χ0v) is 13.5. The largest absolute Gasteiger partial charge is 0.324 e. The molecule has 0 spiro atoms. The van der Waals surface area contributed by atoms with Crippen molar-refractivity contribution in [2.24, 2.45) is 0 Å². The van der Waals surface area contributed by atoms with E-state index in [1.807, 2.05) is 24.3 Å². The Hall–Kier alpha value is -2.69. The average Bonchev–Trinajstić information content (AvgIpc) is 2.98. The maximum Gasteiger partial charge on any atom is 0.247 e. The number of rotatable bonds is 4. The van der Waals surface area contributed by atoms with Gasteiger partial charge in [-0.05, 0) is 54.8 Å². The minimum atomic E-state index is -0.575. The van der Waals surface area contributed by atoms with Crippen LogP contribution >= 0.6 is 0 Å². The first-order chi connectivity index (χ1) is 11.6. The molecule has 1 unspecified atom stereocenters. The average molecular weight is 326 g/mol. The fourth-order valence-corrected chi connectivity index (χ4v) is 2.91. The molecular formula is C19H19FN2O2. The molecule has 1 heterocycles. The first-order valence-corrected chi connectivity index (χ1v) is 8.06. The van der Waals surface area contributed by atoms with Crippen molar-refractivity contribution in [1.29, 1.82) is 0 Å². The lowest BCUT2D eigenvalue weighted by Gasteiger charge is -2.24. The summed E-state index contributed by atoms with van der Waals surface area (Å²) in [6, 6.07) is 12.7. The molecule has 1 fully saturated rings. The van der Waals surface area contributed by atoms with Gasteiger partial charge in [-0.3, -0.25) is 14.5 Å². The van der Waals surface area contributed by atoms with Crippen molar-refractivity contribution in [3.63, 3.8) is 0 Å². The Kier molecular flexibility index (Phi) is 4.60. The van der Waals surface area contributed by atoms with Crippen LogP contribution in [0.3, 0.4) is 0 Å². The van der Waals surface area contributed by atoms with Gasteiger partial charge in [-0.2, -0.15) is 0 Å². The van der Waals surface area contributed by atoms with Crippen LogP contribution in [0.2, 0.25) is 0 Å². The minimum absolute atomic E-state index is 0.122. The third-order valence-corrected chi connectivity index (χ3v) is 4.25. The number of hydrogen-bond acceptors (Lipinski definition) is 2. The Bertz CT molecular complexity index is 741. The summed E-state index contributed by atoms with van der Waals surface area (Å²) >= 11 is 0. The number of aryl methyl sites for hydroxylation is 1. The highest BCUT2D eigenvalue weighted by Gasteiger charge is 2.37. The maximum absolute atomic E-state index is 13.1. The summed E-state index contributed by atoms with van der Waals surface area (Å²) < 4.78 is 13.1. The molecule has 1 aliphatic rings. The second-order valence-corrected chi connectivity index (χ2v) is 5.83. The fourth-order valence-electron chi connectivity index (χ4n) is 2.91. The third-order valence-electron chi connectivity index (χ3n) is 4.25. The van der Waals surface area contributed by atoms with Crippen molar-refractivity contribution < 1.29 is 14.0 Å². The van der Waals surface area contributed by atoms with Gasteiger partial charge in [-0.1, -0.05) is 19.1 Å². The summed E-state index contributed by atoms with van der Waals surface area (Å²) in [7, 11) is 0. The number of benzene rings is 2. The number of amides is 2. The molecule has 1 atom stereocenters. The van der Waals surface area contributed by atoms with Crippen LogP contribution in [-0.4, -0.2) is 17.9 Å². The van der Waals surface area contributed by atoms with Crippen LogP contribution in [0, 0.1) is 5.82 Å². The summed E-state index contributed by atoms with van der Waals surface area (Å²) in [6.45, 7) is 2.07. The lowest BCUT2D eigenvalue weighted by molar-refractivity contribution is -0.120. The normalized spacial score (nSPS) is 17.2. The Balaban J connectivity index is 1.77. The van der Waals surface area contributed by atoms with Gasteiger partial charge in [0.25, 0.3) is 0 Å². The highest BCUT2D eigenvalue weighted by atomic mass is 19.1. The van der Waals surface area contributed by atoms with Crippen molar-refractivity contribution in [2.75, 3.05) is 10.2 Å². The van der Waals surface area contributed by atoms with Gasteiger partial charge in [0.2, 0.25) is 11.8 Å². The van der Waals surface area contributed by atoms with Crippen molar-refractivity contribution in [2.45, 2.75) is 32.2 Å². The molecule has 2 aromatic carbocycles. The van der Waals surface area contributed by atoms with E-state index in [-0.39, 0.29) is 17.6 Å². The molecule has 24 heavy (non-hydrogen) atoms. The van der Waals surface area contributed by atoms with Crippen LogP contribution in [-0.2, 0) is 16.0 Å². The predicted octanol–water partition coefficient (Wildman–Crippen LogP) is 3.52.